The molecule has 2 heterocycles. The summed E-state index contributed by atoms with van der Waals surface area (Å²) in [7, 11) is 0. The number of amides is 1. The summed E-state index contributed by atoms with van der Waals surface area (Å²) in [6.07, 6.45) is 3.66. The number of carbonyl (C=O) groups excluding carboxylic acids is 1. The van der Waals surface area contributed by atoms with E-state index in [-0.39, 0.29) is 12.5 Å². The standard InChI is InChI=1S/C16H16BrNO5/c17-12-7-10(8-13-15(12)23-6-5-22-13)1-2-14(19)18-4-3-11(9-18)16(20)21/h1-2,7-8,11H,3-6,9H2,(H,20,21). The summed E-state index contributed by atoms with van der Waals surface area (Å²) < 4.78 is 11.8. The quantitative estimate of drug-likeness (QED) is 0.811. The predicted molar refractivity (Wildman–Crippen MR) is 86.5 cm³/mol. The van der Waals surface area contributed by atoms with Crippen molar-refractivity contribution in [2.45, 2.75) is 6.42 Å². The van der Waals surface area contributed by atoms with Gasteiger partial charge in [0.2, 0.25) is 5.91 Å². The summed E-state index contributed by atoms with van der Waals surface area (Å²) in [6, 6.07) is 3.66. The van der Waals surface area contributed by atoms with Crippen LogP contribution in [0.5, 0.6) is 11.5 Å². The SMILES string of the molecule is O=C(O)C1CCN(C(=O)C=Cc2cc(Br)c3c(c2)OCCO3)C1. The molecule has 0 radical (unpaired) electrons. The Labute approximate surface area is 141 Å². The van der Waals surface area contributed by atoms with E-state index >= 15 is 0 Å². The Balaban J connectivity index is 1.69. The van der Waals surface area contributed by atoms with Crippen LogP contribution in [0, 0.1) is 5.92 Å². The number of carbonyl (C=O) groups is 2. The molecule has 6 nitrogen and oxygen atoms in total. The molecule has 7 heteroatoms. The third-order valence-electron chi connectivity index (χ3n) is 3.89. The summed E-state index contributed by atoms with van der Waals surface area (Å²) in [5.74, 6) is -0.177. The number of carboxylic acid groups (broad SMARTS) is 1. The van der Waals surface area contributed by atoms with E-state index in [1.165, 1.54) is 6.08 Å². The molecule has 0 aliphatic carbocycles. The molecule has 0 saturated carbocycles. The molecule has 1 aromatic carbocycles. The zero-order valence-corrected chi connectivity index (χ0v) is 13.9. The normalized spacial score (nSPS) is 20.0. The van der Waals surface area contributed by atoms with Gasteiger partial charge >= 0.3 is 5.97 Å². The van der Waals surface area contributed by atoms with Crippen LogP contribution < -0.4 is 9.47 Å². The molecule has 0 bridgehead atoms. The van der Waals surface area contributed by atoms with Gasteiger partial charge in [0.1, 0.15) is 13.2 Å². The molecule has 1 saturated heterocycles. The fourth-order valence-corrected chi connectivity index (χ4v) is 3.24. The molecule has 2 aliphatic heterocycles. The lowest BCUT2D eigenvalue weighted by Gasteiger charge is -2.20. The van der Waals surface area contributed by atoms with Crippen molar-refractivity contribution in [3.63, 3.8) is 0 Å². The van der Waals surface area contributed by atoms with Crippen molar-refractivity contribution in [3.05, 3.63) is 28.2 Å². The molecule has 1 N–H and O–H groups in total. The second-order valence-electron chi connectivity index (χ2n) is 5.47. The summed E-state index contributed by atoms with van der Waals surface area (Å²) in [4.78, 5) is 24.6. The molecule has 122 valence electrons. The maximum atomic E-state index is 12.1. The number of hydrogen-bond acceptors (Lipinski definition) is 4. The van der Waals surface area contributed by atoms with Gasteiger partial charge in [0, 0.05) is 19.2 Å². The van der Waals surface area contributed by atoms with Crippen molar-refractivity contribution >= 4 is 33.9 Å². The van der Waals surface area contributed by atoms with E-state index in [0.717, 1.165) is 10.0 Å². The first-order chi connectivity index (χ1) is 11.0. The molecule has 1 fully saturated rings. The van der Waals surface area contributed by atoms with Gasteiger partial charge in [-0.05, 0) is 46.1 Å². The zero-order chi connectivity index (χ0) is 16.4. The van der Waals surface area contributed by atoms with Crippen LogP contribution >= 0.6 is 15.9 Å². The largest absolute Gasteiger partial charge is 0.486 e. The Morgan fingerprint density at radius 2 is 2.09 bits per heavy atom. The number of hydrogen-bond donors (Lipinski definition) is 1. The molecule has 1 atom stereocenters. The van der Waals surface area contributed by atoms with E-state index in [1.807, 2.05) is 12.1 Å². The number of benzene rings is 1. The fourth-order valence-electron chi connectivity index (χ4n) is 2.66. The highest BCUT2D eigenvalue weighted by atomic mass is 79.9. The summed E-state index contributed by atoms with van der Waals surface area (Å²) in [5.41, 5.74) is 0.809. The number of rotatable bonds is 3. The van der Waals surface area contributed by atoms with Crippen molar-refractivity contribution in [1.29, 1.82) is 0 Å². The Hall–Kier alpha value is -2.02. The van der Waals surface area contributed by atoms with Gasteiger partial charge in [-0.1, -0.05) is 0 Å². The monoisotopic (exact) mass is 381 g/mol. The second kappa shape index (κ2) is 6.62. The van der Waals surface area contributed by atoms with Crippen LogP contribution in [0.2, 0.25) is 0 Å². The number of fused-ring (bicyclic) bond motifs is 1. The Kier molecular flexibility index (Phi) is 4.56. The third kappa shape index (κ3) is 3.50. The van der Waals surface area contributed by atoms with Gasteiger partial charge in [0.05, 0.1) is 10.4 Å². The minimum atomic E-state index is -0.847. The maximum Gasteiger partial charge on any atom is 0.308 e. The van der Waals surface area contributed by atoms with Crippen LogP contribution in [0.25, 0.3) is 6.08 Å². The highest BCUT2D eigenvalue weighted by molar-refractivity contribution is 9.10. The number of aliphatic carboxylic acids is 1. The predicted octanol–water partition coefficient (Wildman–Crippen LogP) is 2.17. The van der Waals surface area contributed by atoms with Crippen molar-refractivity contribution in [1.82, 2.24) is 4.90 Å². The molecule has 3 rings (SSSR count). The lowest BCUT2D eigenvalue weighted by atomic mass is 10.1. The van der Waals surface area contributed by atoms with Crippen LogP contribution in [0.4, 0.5) is 0 Å². The van der Waals surface area contributed by atoms with E-state index in [2.05, 4.69) is 15.9 Å². The average molecular weight is 382 g/mol. The summed E-state index contributed by atoms with van der Waals surface area (Å²) in [5, 5.41) is 8.98. The van der Waals surface area contributed by atoms with Crippen molar-refractivity contribution in [2.75, 3.05) is 26.3 Å². The molecule has 1 unspecified atom stereocenters. The number of nitrogens with zero attached hydrogens (tertiary/aromatic N) is 1. The minimum absolute atomic E-state index is 0.181. The Morgan fingerprint density at radius 3 is 2.83 bits per heavy atom. The molecule has 0 spiro atoms. The molecule has 23 heavy (non-hydrogen) atoms. The van der Waals surface area contributed by atoms with Crippen LogP contribution in [0.1, 0.15) is 12.0 Å². The highest BCUT2D eigenvalue weighted by Gasteiger charge is 2.29. The minimum Gasteiger partial charge on any atom is -0.486 e. The lowest BCUT2D eigenvalue weighted by Crippen LogP contribution is -2.28. The Bertz CT molecular complexity index is 673. The fraction of sp³-hybridized carbons (Fsp3) is 0.375. The van der Waals surface area contributed by atoms with E-state index in [0.29, 0.717) is 37.7 Å². The van der Waals surface area contributed by atoms with Crippen LogP contribution in [-0.4, -0.2) is 48.2 Å². The van der Waals surface area contributed by atoms with Gasteiger partial charge in [-0.3, -0.25) is 9.59 Å². The van der Waals surface area contributed by atoms with Crippen LogP contribution in [0.3, 0.4) is 0 Å². The average Bonchev–Trinajstić information content (AvgIpc) is 3.03. The van der Waals surface area contributed by atoms with Crippen LogP contribution in [0.15, 0.2) is 22.7 Å². The second-order valence-corrected chi connectivity index (χ2v) is 6.32. The summed E-state index contributed by atoms with van der Waals surface area (Å²) in [6.45, 7) is 1.75. The van der Waals surface area contributed by atoms with Crippen molar-refractivity contribution in [3.8, 4) is 11.5 Å². The van der Waals surface area contributed by atoms with Crippen LogP contribution in [-0.2, 0) is 9.59 Å². The molecule has 2 aliphatic rings. The van der Waals surface area contributed by atoms with Crippen molar-refractivity contribution < 1.29 is 24.2 Å². The smallest absolute Gasteiger partial charge is 0.308 e. The van der Waals surface area contributed by atoms with E-state index in [4.69, 9.17) is 14.6 Å². The number of carboxylic acids is 1. The highest BCUT2D eigenvalue weighted by Crippen LogP contribution is 2.38. The van der Waals surface area contributed by atoms with Gasteiger partial charge in [0.25, 0.3) is 0 Å². The zero-order valence-electron chi connectivity index (χ0n) is 12.3. The molecular formula is C16H16BrNO5. The van der Waals surface area contributed by atoms with Gasteiger partial charge in [0.15, 0.2) is 11.5 Å². The van der Waals surface area contributed by atoms with Gasteiger partial charge in [-0.2, -0.15) is 0 Å². The topological polar surface area (TPSA) is 76.1 Å². The molecule has 0 aromatic heterocycles. The maximum absolute atomic E-state index is 12.1. The van der Waals surface area contributed by atoms with Gasteiger partial charge in [-0.25, -0.2) is 0 Å². The summed E-state index contributed by atoms with van der Waals surface area (Å²) >= 11 is 3.43. The van der Waals surface area contributed by atoms with E-state index in [1.54, 1.807) is 11.0 Å². The number of likely N-dealkylation sites (tertiary alicyclic amines) is 1. The van der Waals surface area contributed by atoms with Gasteiger partial charge in [-0.15, -0.1) is 0 Å². The number of halogens is 1. The first-order valence-electron chi connectivity index (χ1n) is 7.33. The molecular weight excluding hydrogens is 366 g/mol. The molecule has 1 aromatic rings. The lowest BCUT2D eigenvalue weighted by molar-refractivity contribution is -0.141. The Morgan fingerprint density at radius 1 is 1.30 bits per heavy atom. The van der Waals surface area contributed by atoms with Gasteiger partial charge < -0.3 is 19.5 Å². The first-order valence-corrected chi connectivity index (χ1v) is 8.13. The first kappa shape index (κ1) is 15.9. The number of ether oxygens (including phenoxy) is 2. The third-order valence-corrected chi connectivity index (χ3v) is 4.48. The van der Waals surface area contributed by atoms with E-state index in [9.17, 15) is 9.59 Å². The van der Waals surface area contributed by atoms with E-state index < -0.39 is 11.9 Å². The van der Waals surface area contributed by atoms with Crippen molar-refractivity contribution in [2.24, 2.45) is 5.92 Å². The molecule has 1 amide bonds.